The summed E-state index contributed by atoms with van der Waals surface area (Å²) in [6, 6.07) is 19.2. The molecule has 0 heterocycles. The first kappa shape index (κ1) is 15.1. The van der Waals surface area contributed by atoms with Crippen LogP contribution in [-0.2, 0) is 4.79 Å². The van der Waals surface area contributed by atoms with Gasteiger partial charge in [0.25, 0.3) is 0 Å². The zero-order valence-corrected chi connectivity index (χ0v) is 12.5. The number of halogens is 2. The second kappa shape index (κ2) is 7.47. The molecule has 0 saturated carbocycles. The molecule has 2 unspecified atom stereocenters. The van der Waals surface area contributed by atoms with E-state index in [1.165, 1.54) is 0 Å². The van der Waals surface area contributed by atoms with Gasteiger partial charge in [0.05, 0.1) is 11.8 Å². The highest BCUT2D eigenvalue weighted by Gasteiger charge is 2.28. The van der Waals surface area contributed by atoms with Gasteiger partial charge in [0, 0.05) is 11.8 Å². The molecule has 2 atom stereocenters. The first-order valence-corrected chi connectivity index (χ1v) is 7.60. The van der Waals surface area contributed by atoms with Gasteiger partial charge in [-0.1, -0.05) is 60.7 Å². The normalized spacial score (nSPS) is 13.7. The average Bonchev–Trinajstić information content (AvgIpc) is 2.51. The van der Waals surface area contributed by atoms with E-state index in [1.807, 2.05) is 60.7 Å². The fourth-order valence-electron chi connectivity index (χ4n) is 2.27. The number of hydrogen-bond acceptors (Lipinski definition) is 1. The van der Waals surface area contributed by atoms with E-state index in [-0.39, 0.29) is 29.4 Å². The van der Waals surface area contributed by atoms with E-state index in [4.69, 9.17) is 23.2 Å². The Hall–Kier alpha value is -1.31. The molecule has 0 radical (unpaired) electrons. The van der Waals surface area contributed by atoms with E-state index in [9.17, 15) is 4.79 Å². The molecule has 0 saturated heterocycles. The molecule has 104 valence electrons. The van der Waals surface area contributed by atoms with E-state index in [0.29, 0.717) is 0 Å². The van der Waals surface area contributed by atoms with Gasteiger partial charge in [0.1, 0.15) is 5.78 Å². The van der Waals surface area contributed by atoms with Gasteiger partial charge in [0.2, 0.25) is 0 Å². The van der Waals surface area contributed by atoms with Crippen LogP contribution >= 0.6 is 23.2 Å². The van der Waals surface area contributed by atoms with Gasteiger partial charge in [-0.25, -0.2) is 0 Å². The lowest BCUT2D eigenvalue weighted by Crippen LogP contribution is -2.23. The Morgan fingerprint density at radius 3 is 1.40 bits per heavy atom. The maximum atomic E-state index is 12.7. The van der Waals surface area contributed by atoms with Gasteiger partial charge in [-0.3, -0.25) is 4.79 Å². The van der Waals surface area contributed by atoms with Crippen LogP contribution in [0.3, 0.4) is 0 Å². The van der Waals surface area contributed by atoms with Gasteiger partial charge in [-0.15, -0.1) is 23.2 Å². The van der Waals surface area contributed by atoms with Gasteiger partial charge < -0.3 is 0 Å². The second-order valence-electron chi connectivity index (χ2n) is 4.64. The minimum Gasteiger partial charge on any atom is -0.298 e. The van der Waals surface area contributed by atoms with Crippen LogP contribution in [0.25, 0.3) is 0 Å². The Morgan fingerprint density at radius 1 is 0.750 bits per heavy atom. The average molecular weight is 307 g/mol. The van der Waals surface area contributed by atoms with Gasteiger partial charge in [0.15, 0.2) is 0 Å². The second-order valence-corrected chi connectivity index (χ2v) is 5.25. The Labute approximate surface area is 129 Å². The van der Waals surface area contributed by atoms with Crippen LogP contribution in [-0.4, -0.2) is 17.5 Å². The van der Waals surface area contributed by atoms with Crippen molar-refractivity contribution < 1.29 is 4.79 Å². The van der Waals surface area contributed by atoms with Crippen molar-refractivity contribution in [2.45, 2.75) is 11.8 Å². The molecule has 0 N–H and O–H groups in total. The van der Waals surface area contributed by atoms with Crippen molar-refractivity contribution in [1.82, 2.24) is 0 Å². The molecule has 0 aliphatic heterocycles. The lowest BCUT2D eigenvalue weighted by molar-refractivity contribution is -0.121. The predicted molar refractivity (Wildman–Crippen MR) is 84.8 cm³/mol. The first-order chi connectivity index (χ1) is 9.77. The number of Topliss-reactive ketones (excluding diaryl/α,β-unsaturated/α-hetero) is 1. The molecule has 20 heavy (non-hydrogen) atoms. The fraction of sp³-hybridized carbons (Fsp3) is 0.235. The number of hydrogen-bond donors (Lipinski definition) is 0. The molecule has 0 bridgehead atoms. The maximum absolute atomic E-state index is 12.7. The van der Waals surface area contributed by atoms with Crippen molar-refractivity contribution in [2.75, 3.05) is 11.8 Å². The van der Waals surface area contributed by atoms with Crippen molar-refractivity contribution in [3.63, 3.8) is 0 Å². The van der Waals surface area contributed by atoms with E-state index in [2.05, 4.69) is 0 Å². The summed E-state index contributed by atoms with van der Waals surface area (Å²) in [5.41, 5.74) is 1.89. The van der Waals surface area contributed by atoms with Crippen LogP contribution in [0.4, 0.5) is 0 Å². The molecule has 0 spiro atoms. The van der Waals surface area contributed by atoms with Crippen LogP contribution in [0.5, 0.6) is 0 Å². The van der Waals surface area contributed by atoms with Gasteiger partial charge in [-0.2, -0.15) is 0 Å². The minimum absolute atomic E-state index is 0.0763. The summed E-state index contributed by atoms with van der Waals surface area (Å²) < 4.78 is 0. The van der Waals surface area contributed by atoms with E-state index in [1.54, 1.807) is 0 Å². The summed E-state index contributed by atoms with van der Waals surface area (Å²) in [4.78, 5) is 12.7. The predicted octanol–water partition coefficient (Wildman–Crippen LogP) is 4.60. The Morgan fingerprint density at radius 2 is 1.10 bits per heavy atom. The summed E-state index contributed by atoms with van der Waals surface area (Å²) in [6.45, 7) is 0. The molecular formula is C17H16Cl2O. The highest BCUT2D eigenvalue weighted by atomic mass is 35.5. The highest BCUT2D eigenvalue weighted by molar-refractivity contribution is 6.22. The van der Waals surface area contributed by atoms with Crippen molar-refractivity contribution in [2.24, 2.45) is 0 Å². The molecule has 0 aliphatic rings. The molecule has 0 fully saturated rings. The van der Waals surface area contributed by atoms with E-state index in [0.717, 1.165) is 11.1 Å². The number of alkyl halides is 2. The zero-order valence-electron chi connectivity index (χ0n) is 11.0. The van der Waals surface area contributed by atoms with E-state index >= 15 is 0 Å². The first-order valence-electron chi connectivity index (χ1n) is 6.53. The SMILES string of the molecule is O=C(C(CCl)c1ccccc1)C(CCl)c1ccccc1. The summed E-state index contributed by atoms with van der Waals surface area (Å²) in [5, 5.41) is 0. The van der Waals surface area contributed by atoms with Crippen molar-refractivity contribution in [3.8, 4) is 0 Å². The third-order valence-electron chi connectivity index (χ3n) is 3.40. The Bertz CT molecular complexity index is 490. The number of carbonyl (C=O) groups excluding carboxylic acids is 1. The Balaban J connectivity index is 2.28. The van der Waals surface area contributed by atoms with Crippen molar-refractivity contribution in [1.29, 1.82) is 0 Å². The highest BCUT2D eigenvalue weighted by Crippen LogP contribution is 2.28. The lowest BCUT2D eigenvalue weighted by Gasteiger charge is -2.20. The maximum Gasteiger partial charge on any atom is 0.150 e. The molecule has 2 aromatic carbocycles. The smallest absolute Gasteiger partial charge is 0.150 e. The summed E-state index contributed by atoms with van der Waals surface area (Å²) in [7, 11) is 0. The minimum atomic E-state index is -0.318. The molecular weight excluding hydrogens is 291 g/mol. The lowest BCUT2D eigenvalue weighted by atomic mass is 9.85. The molecule has 2 rings (SSSR count). The molecule has 2 aromatic rings. The molecule has 1 nitrogen and oxygen atoms in total. The number of ketones is 1. The standard InChI is InChI=1S/C17H16Cl2O/c18-11-15(13-7-3-1-4-8-13)17(20)16(12-19)14-9-5-2-6-10-14/h1-10,15-16H,11-12H2. The quantitative estimate of drug-likeness (QED) is 0.713. The molecule has 0 amide bonds. The third-order valence-corrected chi connectivity index (χ3v) is 4.02. The van der Waals surface area contributed by atoms with Crippen molar-refractivity contribution >= 4 is 29.0 Å². The molecule has 3 heteroatoms. The topological polar surface area (TPSA) is 17.1 Å². The number of rotatable bonds is 6. The largest absolute Gasteiger partial charge is 0.298 e. The van der Waals surface area contributed by atoms with Gasteiger partial charge in [-0.05, 0) is 11.1 Å². The van der Waals surface area contributed by atoms with E-state index < -0.39 is 0 Å². The van der Waals surface area contributed by atoms with Crippen LogP contribution in [0.1, 0.15) is 23.0 Å². The molecule has 0 aliphatic carbocycles. The summed E-state index contributed by atoms with van der Waals surface area (Å²) in [6.07, 6.45) is 0. The van der Waals surface area contributed by atoms with Crippen LogP contribution in [0.15, 0.2) is 60.7 Å². The molecule has 0 aromatic heterocycles. The zero-order chi connectivity index (χ0) is 14.4. The van der Waals surface area contributed by atoms with Crippen LogP contribution < -0.4 is 0 Å². The fourth-order valence-corrected chi connectivity index (χ4v) is 2.93. The monoisotopic (exact) mass is 306 g/mol. The number of benzene rings is 2. The van der Waals surface area contributed by atoms with Crippen LogP contribution in [0, 0.1) is 0 Å². The van der Waals surface area contributed by atoms with Crippen LogP contribution in [0.2, 0.25) is 0 Å². The Kier molecular flexibility index (Phi) is 5.63. The third kappa shape index (κ3) is 3.41. The van der Waals surface area contributed by atoms with Gasteiger partial charge >= 0.3 is 0 Å². The van der Waals surface area contributed by atoms with Crippen molar-refractivity contribution in [3.05, 3.63) is 71.8 Å². The summed E-state index contributed by atoms with van der Waals surface area (Å²) in [5.74, 6) is -0.0253. The summed E-state index contributed by atoms with van der Waals surface area (Å²) >= 11 is 12.0. The number of carbonyl (C=O) groups is 1.